The smallest absolute Gasteiger partial charge is 0.261 e. The van der Waals surface area contributed by atoms with E-state index in [2.05, 4.69) is 15.3 Å². The third-order valence-corrected chi connectivity index (χ3v) is 4.37. The quantitative estimate of drug-likeness (QED) is 0.603. The van der Waals surface area contributed by atoms with Crippen LogP contribution in [0, 0.1) is 6.92 Å². The molecule has 0 unspecified atom stereocenters. The predicted molar refractivity (Wildman–Crippen MR) is 103 cm³/mol. The number of carbonyl (C=O) groups is 1. The van der Waals surface area contributed by atoms with E-state index in [1.54, 1.807) is 43.3 Å². The van der Waals surface area contributed by atoms with Crippen molar-refractivity contribution >= 4 is 33.6 Å². The van der Waals surface area contributed by atoms with Gasteiger partial charge in [0.2, 0.25) is 5.91 Å². The summed E-state index contributed by atoms with van der Waals surface area (Å²) in [6, 6.07) is 12.4. The fourth-order valence-corrected chi connectivity index (χ4v) is 3.01. The maximum Gasteiger partial charge on any atom is 0.261 e. The number of carbonyl (C=O) groups excluding carboxylic acids is 1. The molecule has 0 atom stereocenters. The van der Waals surface area contributed by atoms with Crippen molar-refractivity contribution in [2.75, 3.05) is 5.32 Å². The van der Waals surface area contributed by atoms with E-state index in [1.165, 1.54) is 4.57 Å². The summed E-state index contributed by atoms with van der Waals surface area (Å²) in [5.41, 5.74) is 2.36. The van der Waals surface area contributed by atoms with Crippen LogP contribution in [0.4, 0.5) is 5.69 Å². The van der Waals surface area contributed by atoms with Crippen molar-refractivity contribution in [2.45, 2.75) is 26.8 Å². The van der Waals surface area contributed by atoms with Gasteiger partial charge >= 0.3 is 0 Å². The highest BCUT2D eigenvalue weighted by atomic mass is 16.3. The highest BCUT2D eigenvalue weighted by Gasteiger charge is 2.12. The predicted octanol–water partition coefficient (Wildman–Crippen LogP) is 3.05. The van der Waals surface area contributed by atoms with Crippen molar-refractivity contribution in [3.8, 4) is 0 Å². The van der Waals surface area contributed by atoms with Crippen LogP contribution in [0.2, 0.25) is 0 Å². The number of nitrogens with zero attached hydrogens (tertiary/aromatic N) is 3. The molecule has 27 heavy (non-hydrogen) atoms. The van der Waals surface area contributed by atoms with Gasteiger partial charge in [-0.15, -0.1) is 0 Å². The van der Waals surface area contributed by atoms with Crippen molar-refractivity contribution in [3.63, 3.8) is 0 Å². The van der Waals surface area contributed by atoms with Crippen LogP contribution in [-0.2, 0) is 17.8 Å². The molecule has 2 aromatic carbocycles. The Bertz CT molecular complexity index is 1220. The molecule has 4 rings (SSSR count). The molecular formula is C20H18N4O3. The van der Waals surface area contributed by atoms with E-state index in [-0.39, 0.29) is 18.0 Å². The number of aryl methyl sites for hydroxylation is 2. The van der Waals surface area contributed by atoms with Crippen LogP contribution in [-0.4, -0.2) is 20.4 Å². The minimum absolute atomic E-state index is 0.112. The number of nitrogens with one attached hydrogen (secondary N) is 1. The van der Waals surface area contributed by atoms with Gasteiger partial charge in [0.25, 0.3) is 5.56 Å². The number of oxazole rings is 1. The van der Waals surface area contributed by atoms with Crippen molar-refractivity contribution < 1.29 is 9.21 Å². The van der Waals surface area contributed by atoms with E-state index in [1.807, 2.05) is 13.0 Å². The van der Waals surface area contributed by atoms with Gasteiger partial charge in [-0.25, -0.2) is 9.97 Å². The molecule has 0 aliphatic heterocycles. The average molecular weight is 362 g/mol. The number of rotatable bonds is 4. The second-order valence-corrected chi connectivity index (χ2v) is 6.26. The van der Waals surface area contributed by atoms with E-state index in [4.69, 9.17) is 4.42 Å². The first kappa shape index (κ1) is 17.0. The highest BCUT2D eigenvalue weighted by Crippen LogP contribution is 2.20. The zero-order valence-corrected chi connectivity index (χ0v) is 15.0. The standard InChI is InChI=1S/C20H18N4O3/c1-3-19-23-16-10-13(8-9-17(16)27-19)22-18(25)11-24-12(2)21-15-7-5-4-6-14(15)20(24)26/h4-10H,3,11H2,1-2H3,(H,22,25). The van der Waals surface area contributed by atoms with Gasteiger partial charge in [0, 0.05) is 12.1 Å². The van der Waals surface area contributed by atoms with Crippen LogP contribution in [0.5, 0.6) is 0 Å². The first-order valence-electron chi connectivity index (χ1n) is 8.70. The van der Waals surface area contributed by atoms with Gasteiger partial charge in [0.1, 0.15) is 17.9 Å². The Morgan fingerprint density at radius 3 is 2.78 bits per heavy atom. The van der Waals surface area contributed by atoms with Crippen LogP contribution in [0.15, 0.2) is 51.7 Å². The Hall–Kier alpha value is -3.48. The molecule has 4 aromatic rings. The molecule has 7 nitrogen and oxygen atoms in total. The average Bonchev–Trinajstić information content (AvgIpc) is 3.07. The maximum absolute atomic E-state index is 12.7. The van der Waals surface area contributed by atoms with E-state index >= 15 is 0 Å². The molecule has 0 aliphatic carbocycles. The lowest BCUT2D eigenvalue weighted by Gasteiger charge is -2.11. The Labute approximate surface area is 154 Å². The fraction of sp³-hybridized carbons (Fsp3) is 0.200. The lowest BCUT2D eigenvalue weighted by molar-refractivity contribution is -0.116. The largest absolute Gasteiger partial charge is 0.441 e. The molecule has 2 heterocycles. The Morgan fingerprint density at radius 1 is 1.15 bits per heavy atom. The molecule has 0 radical (unpaired) electrons. The molecular weight excluding hydrogens is 344 g/mol. The maximum atomic E-state index is 12.7. The topological polar surface area (TPSA) is 90.0 Å². The van der Waals surface area contributed by atoms with Crippen LogP contribution in [0.1, 0.15) is 18.6 Å². The van der Waals surface area contributed by atoms with E-state index in [0.29, 0.717) is 45.8 Å². The van der Waals surface area contributed by atoms with Crippen molar-refractivity contribution in [2.24, 2.45) is 0 Å². The Morgan fingerprint density at radius 2 is 1.96 bits per heavy atom. The summed E-state index contributed by atoms with van der Waals surface area (Å²) in [5, 5.41) is 3.30. The lowest BCUT2D eigenvalue weighted by atomic mass is 10.2. The van der Waals surface area contributed by atoms with E-state index in [0.717, 1.165) is 0 Å². The highest BCUT2D eigenvalue weighted by molar-refractivity contribution is 5.92. The van der Waals surface area contributed by atoms with Gasteiger partial charge in [-0.1, -0.05) is 19.1 Å². The van der Waals surface area contributed by atoms with Crippen LogP contribution < -0.4 is 10.9 Å². The second kappa shape index (κ2) is 6.68. The first-order chi connectivity index (χ1) is 13.0. The SMILES string of the molecule is CCc1nc2cc(NC(=O)Cn3c(C)nc4ccccc4c3=O)ccc2o1. The fourth-order valence-electron chi connectivity index (χ4n) is 3.01. The molecule has 7 heteroatoms. The molecule has 1 N–H and O–H groups in total. The summed E-state index contributed by atoms with van der Waals surface area (Å²) in [7, 11) is 0. The van der Waals surface area contributed by atoms with Gasteiger partial charge in [-0.3, -0.25) is 14.2 Å². The summed E-state index contributed by atoms with van der Waals surface area (Å²) >= 11 is 0. The Kier molecular flexibility index (Phi) is 4.19. The summed E-state index contributed by atoms with van der Waals surface area (Å²) in [6.45, 7) is 3.57. The number of amides is 1. The van der Waals surface area contributed by atoms with Crippen molar-refractivity contribution in [1.82, 2.24) is 14.5 Å². The molecule has 1 amide bonds. The van der Waals surface area contributed by atoms with Crippen molar-refractivity contribution in [3.05, 3.63) is 64.5 Å². The number of anilines is 1. The molecule has 0 aliphatic rings. The minimum atomic E-state index is -0.309. The number of hydrogen-bond acceptors (Lipinski definition) is 5. The molecule has 136 valence electrons. The van der Waals surface area contributed by atoms with Gasteiger partial charge < -0.3 is 9.73 Å². The summed E-state index contributed by atoms with van der Waals surface area (Å²) in [6.07, 6.45) is 0.702. The zero-order chi connectivity index (χ0) is 19.0. The second-order valence-electron chi connectivity index (χ2n) is 6.26. The van der Waals surface area contributed by atoms with Gasteiger partial charge in [-0.05, 0) is 37.3 Å². The number of fused-ring (bicyclic) bond motifs is 2. The molecule has 0 spiro atoms. The summed E-state index contributed by atoms with van der Waals surface area (Å²) in [5.74, 6) is 0.835. The number of aromatic nitrogens is 3. The van der Waals surface area contributed by atoms with Gasteiger partial charge in [0.15, 0.2) is 11.5 Å². The first-order valence-corrected chi connectivity index (χ1v) is 8.70. The number of hydrogen-bond donors (Lipinski definition) is 1. The molecule has 0 fully saturated rings. The van der Waals surface area contributed by atoms with Crippen LogP contribution in [0.25, 0.3) is 22.0 Å². The normalized spacial score (nSPS) is 11.2. The van der Waals surface area contributed by atoms with Crippen molar-refractivity contribution in [1.29, 1.82) is 0 Å². The van der Waals surface area contributed by atoms with Gasteiger partial charge in [-0.2, -0.15) is 0 Å². The third kappa shape index (κ3) is 3.19. The van der Waals surface area contributed by atoms with Gasteiger partial charge in [0.05, 0.1) is 10.9 Å². The molecule has 2 aromatic heterocycles. The zero-order valence-electron chi connectivity index (χ0n) is 15.0. The summed E-state index contributed by atoms with van der Waals surface area (Å²) < 4.78 is 6.94. The van der Waals surface area contributed by atoms with Crippen LogP contribution in [0.3, 0.4) is 0 Å². The molecule has 0 saturated heterocycles. The van der Waals surface area contributed by atoms with Crippen LogP contribution >= 0.6 is 0 Å². The lowest BCUT2D eigenvalue weighted by Crippen LogP contribution is -2.30. The molecule has 0 saturated carbocycles. The number of benzene rings is 2. The summed E-state index contributed by atoms with van der Waals surface area (Å²) in [4.78, 5) is 33.9. The minimum Gasteiger partial charge on any atom is -0.441 e. The Balaban J connectivity index is 1.59. The van der Waals surface area contributed by atoms with E-state index in [9.17, 15) is 9.59 Å². The van der Waals surface area contributed by atoms with E-state index < -0.39 is 0 Å². The third-order valence-electron chi connectivity index (χ3n) is 4.37. The monoisotopic (exact) mass is 362 g/mol. The number of para-hydroxylation sites is 1. The molecule has 0 bridgehead atoms.